The second-order valence-corrected chi connectivity index (χ2v) is 12.2. The molecule has 3 aromatic carbocycles. The quantitative estimate of drug-likeness (QED) is 0.217. The van der Waals surface area contributed by atoms with Crippen molar-refractivity contribution in [3.8, 4) is 5.75 Å². The third-order valence-corrected chi connectivity index (χ3v) is 8.84. The minimum atomic E-state index is -4.31. The van der Waals surface area contributed by atoms with Crippen LogP contribution >= 0.6 is 23.2 Å². The molecule has 12 heteroatoms. The summed E-state index contributed by atoms with van der Waals surface area (Å²) in [4.78, 5) is 28.2. The van der Waals surface area contributed by atoms with Crippen LogP contribution in [0.15, 0.2) is 71.6 Å². The molecule has 0 radical (unpaired) electrons. The van der Waals surface area contributed by atoms with Gasteiger partial charge in [-0.15, -0.1) is 0 Å². The molecule has 1 N–H and O–H groups in total. The van der Waals surface area contributed by atoms with Crippen molar-refractivity contribution in [2.45, 2.75) is 51.1 Å². The van der Waals surface area contributed by atoms with E-state index in [1.807, 2.05) is 6.92 Å². The zero-order valence-electron chi connectivity index (χ0n) is 23.6. The lowest BCUT2D eigenvalue weighted by molar-refractivity contribution is -0.139. The van der Waals surface area contributed by atoms with Crippen LogP contribution in [0.4, 0.5) is 10.1 Å². The molecule has 42 heavy (non-hydrogen) atoms. The highest BCUT2D eigenvalue weighted by atomic mass is 35.5. The van der Waals surface area contributed by atoms with Gasteiger partial charge in [-0.25, -0.2) is 12.8 Å². The molecule has 0 heterocycles. The number of rotatable bonds is 14. The van der Waals surface area contributed by atoms with Crippen LogP contribution in [0.2, 0.25) is 10.0 Å². The van der Waals surface area contributed by atoms with Crippen molar-refractivity contribution in [1.82, 2.24) is 10.2 Å². The van der Waals surface area contributed by atoms with E-state index in [2.05, 4.69) is 5.32 Å². The zero-order chi connectivity index (χ0) is 30.9. The van der Waals surface area contributed by atoms with Crippen LogP contribution in [0, 0.1) is 5.82 Å². The second kappa shape index (κ2) is 15.2. The van der Waals surface area contributed by atoms with E-state index in [4.69, 9.17) is 27.9 Å². The predicted octanol–water partition coefficient (Wildman–Crippen LogP) is 6.06. The van der Waals surface area contributed by atoms with E-state index in [1.54, 1.807) is 26.0 Å². The molecule has 0 fully saturated rings. The highest BCUT2D eigenvalue weighted by molar-refractivity contribution is 7.92. The van der Waals surface area contributed by atoms with E-state index in [1.165, 1.54) is 47.4 Å². The van der Waals surface area contributed by atoms with Gasteiger partial charge in [-0.05, 0) is 86.5 Å². The smallest absolute Gasteiger partial charge is 0.264 e. The average molecular weight is 639 g/mol. The van der Waals surface area contributed by atoms with Gasteiger partial charge in [0.1, 0.15) is 24.2 Å². The molecule has 0 saturated heterocycles. The van der Waals surface area contributed by atoms with Crippen molar-refractivity contribution in [3.63, 3.8) is 0 Å². The predicted molar refractivity (Wildman–Crippen MR) is 163 cm³/mol. The number of unbranched alkanes of at least 4 members (excludes halogenated alkanes) is 1. The summed E-state index contributed by atoms with van der Waals surface area (Å²) in [6.45, 7) is 5.43. The summed E-state index contributed by atoms with van der Waals surface area (Å²) in [6, 6.07) is 14.3. The molecule has 1 atom stereocenters. The molecule has 0 unspecified atom stereocenters. The molecule has 0 saturated carbocycles. The fourth-order valence-corrected chi connectivity index (χ4v) is 5.97. The fraction of sp³-hybridized carbons (Fsp3) is 0.333. The molecule has 0 aromatic heterocycles. The maximum Gasteiger partial charge on any atom is 0.264 e. The molecule has 3 aromatic rings. The number of sulfonamides is 1. The third-order valence-electron chi connectivity index (χ3n) is 6.47. The first-order chi connectivity index (χ1) is 20.0. The first-order valence-electron chi connectivity index (χ1n) is 13.5. The fourth-order valence-electron chi connectivity index (χ4n) is 4.09. The molecule has 8 nitrogen and oxygen atoms in total. The highest BCUT2D eigenvalue weighted by Crippen LogP contribution is 2.27. The van der Waals surface area contributed by atoms with Gasteiger partial charge in [0.05, 0.1) is 17.2 Å². The number of ether oxygens (including phenoxy) is 1. The number of amides is 2. The summed E-state index contributed by atoms with van der Waals surface area (Å²) in [5.41, 5.74) is 0.591. The van der Waals surface area contributed by atoms with Gasteiger partial charge in [-0.2, -0.15) is 0 Å². The summed E-state index contributed by atoms with van der Waals surface area (Å²) in [5, 5.41) is 3.51. The molecule has 2 amide bonds. The Labute approximate surface area is 256 Å². The number of hydrogen-bond donors (Lipinski definition) is 1. The van der Waals surface area contributed by atoms with Crippen LogP contribution < -0.4 is 14.4 Å². The lowest BCUT2D eigenvalue weighted by atomic mass is 10.1. The summed E-state index contributed by atoms with van der Waals surface area (Å²) in [7, 11) is -4.31. The Hall–Kier alpha value is -3.34. The molecular weight excluding hydrogens is 604 g/mol. The highest BCUT2D eigenvalue weighted by Gasteiger charge is 2.33. The Balaban J connectivity index is 2.01. The van der Waals surface area contributed by atoms with E-state index in [9.17, 15) is 22.4 Å². The Kier molecular flexibility index (Phi) is 12.0. The lowest BCUT2D eigenvalue weighted by Gasteiger charge is -2.32. The van der Waals surface area contributed by atoms with Crippen molar-refractivity contribution in [3.05, 3.63) is 88.2 Å². The van der Waals surface area contributed by atoms with Crippen LogP contribution in [0.25, 0.3) is 0 Å². The van der Waals surface area contributed by atoms with Gasteiger partial charge in [0.15, 0.2) is 0 Å². The van der Waals surface area contributed by atoms with Crippen molar-refractivity contribution in [1.29, 1.82) is 0 Å². The van der Waals surface area contributed by atoms with E-state index in [0.717, 1.165) is 29.3 Å². The van der Waals surface area contributed by atoms with Crippen LogP contribution in [0.1, 0.15) is 39.2 Å². The zero-order valence-corrected chi connectivity index (χ0v) is 26.0. The summed E-state index contributed by atoms with van der Waals surface area (Å²) in [5.74, 6) is -1.16. The molecule has 226 valence electrons. The van der Waals surface area contributed by atoms with Crippen molar-refractivity contribution >= 4 is 50.7 Å². The van der Waals surface area contributed by atoms with Gasteiger partial charge < -0.3 is 15.0 Å². The van der Waals surface area contributed by atoms with Crippen LogP contribution in [-0.4, -0.2) is 50.9 Å². The van der Waals surface area contributed by atoms with Crippen LogP contribution in [0.3, 0.4) is 0 Å². The molecule has 0 aliphatic heterocycles. The molecule has 0 aliphatic carbocycles. The maximum absolute atomic E-state index is 13.9. The van der Waals surface area contributed by atoms with Crippen molar-refractivity contribution in [2.75, 3.05) is 24.0 Å². The Morgan fingerprint density at radius 2 is 1.67 bits per heavy atom. The largest absolute Gasteiger partial charge is 0.494 e. The summed E-state index contributed by atoms with van der Waals surface area (Å²) in [6.07, 6.45) is 1.63. The minimum Gasteiger partial charge on any atom is -0.494 e. The number of halogens is 3. The monoisotopic (exact) mass is 637 g/mol. The molecule has 0 spiro atoms. The Morgan fingerprint density at radius 3 is 2.26 bits per heavy atom. The first-order valence-corrected chi connectivity index (χ1v) is 15.7. The third kappa shape index (κ3) is 8.59. The van der Waals surface area contributed by atoms with Crippen LogP contribution in [-0.2, 0) is 26.2 Å². The summed E-state index contributed by atoms with van der Waals surface area (Å²) < 4.78 is 47.9. The van der Waals surface area contributed by atoms with E-state index < -0.39 is 40.2 Å². The number of nitrogens with one attached hydrogen (secondary N) is 1. The standard InChI is InChI=1S/C30H34Cl2FN3O5S/c1-4-6-17-34-30(38)21(3)35(19-22-7-8-23(31)18-28(22)32)29(37)20-36(25-11-9-24(33)10-12-25)42(39,40)27-15-13-26(14-16-27)41-5-2/h7-16,18,21H,4-6,17,19-20H2,1-3H3,(H,34,38)/t21-/m1/s1. The number of anilines is 1. The van der Waals surface area contributed by atoms with Gasteiger partial charge in [-0.3, -0.25) is 13.9 Å². The maximum atomic E-state index is 13.9. The van der Waals surface area contributed by atoms with E-state index >= 15 is 0 Å². The minimum absolute atomic E-state index is 0.0724. The normalized spacial score (nSPS) is 12.0. The number of nitrogens with zero attached hydrogens (tertiary/aromatic N) is 2. The number of hydrogen-bond acceptors (Lipinski definition) is 5. The summed E-state index contributed by atoms with van der Waals surface area (Å²) >= 11 is 12.4. The van der Waals surface area contributed by atoms with Crippen molar-refractivity contribution < 1.29 is 27.1 Å². The van der Waals surface area contributed by atoms with Crippen molar-refractivity contribution in [2.24, 2.45) is 0 Å². The first kappa shape index (κ1) is 33.2. The average Bonchev–Trinajstić information content (AvgIpc) is 2.96. The van der Waals surface area contributed by atoms with Gasteiger partial charge >= 0.3 is 0 Å². The van der Waals surface area contributed by atoms with Gasteiger partial charge in [0.2, 0.25) is 11.8 Å². The van der Waals surface area contributed by atoms with Gasteiger partial charge in [-0.1, -0.05) is 42.6 Å². The molecule has 0 aliphatic rings. The topological polar surface area (TPSA) is 96.0 Å². The lowest BCUT2D eigenvalue weighted by Crippen LogP contribution is -2.51. The molecule has 0 bridgehead atoms. The van der Waals surface area contributed by atoms with Gasteiger partial charge in [0, 0.05) is 23.1 Å². The molecular formula is C30H34Cl2FN3O5S. The number of carbonyl (C=O) groups is 2. The Bertz CT molecular complexity index is 1470. The molecule has 3 rings (SSSR count). The SMILES string of the molecule is CCCCNC(=O)[C@@H](C)N(Cc1ccc(Cl)cc1Cl)C(=O)CN(c1ccc(F)cc1)S(=O)(=O)c1ccc(OCC)cc1. The van der Waals surface area contributed by atoms with E-state index in [-0.39, 0.29) is 22.2 Å². The van der Waals surface area contributed by atoms with Gasteiger partial charge in [0.25, 0.3) is 10.0 Å². The number of benzene rings is 3. The number of carbonyl (C=O) groups excluding carboxylic acids is 2. The Morgan fingerprint density at radius 1 is 1.00 bits per heavy atom. The second-order valence-electron chi connectivity index (χ2n) is 9.47. The van der Waals surface area contributed by atoms with Crippen LogP contribution in [0.5, 0.6) is 5.75 Å². The van der Waals surface area contributed by atoms with E-state index in [0.29, 0.717) is 29.5 Å².